The van der Waals surface area contributed by atoms with Crippen molar-refractivity contribution in [2.75, 3.05) is 20.1 Å². The fourth-order valence-electron chi connectivity index (χ4n) is 4.18. The van der Waals surface area contributed by atoms with E-state index >= 15 is 0 Å². The van der Waals surface area contributed by atoms with E-state index in [4.69, 9.17) is 0 Å². The number of nitrogens with one attached hydrogen (secondary N) is 1. The van der Waals surface area contributed by atoms with Crippen LogP contribution in [0.3, 0.4) is 0 Å². The van der Waals surface area contributed by atoms with E-state index in [1.54, 1.807) is 0 Å². The van der Waals surface area contributed by atoms with Crippen molar-refractivity contribution in [2.45, 2.75) is 78.3 Å². The Bertz CT molecular complexity index is 290. The van der Waals surface area contributed by atoms with Crippen molar-refractivity contribution in [3.63, 3.8) is 0 Å². The van der Waals surface area contributed by atoms with Crippen LogP contribution in [0.1, 0.15) is 66.2 Å². The molecule has 0 spiro atoms. The average Bonchev–Trinajstić information content (AvgIpc) is 2.36. The summed E-state index contributed by atoms with van der Waals surface area (Å²) in [6.07, 6.45) is 8.53. The molecule has 2 heteroatoms. The lowest BCUT2D eigenvalue weighted by Gasteiger charge is -2.47. The van der Waals surface area contributed by atoms with Crippen molar-refractivity contribution in [1.82, 2.24) is 10.2 Å². The van der Waals surface area contributed by atoms with E-state index in [2.05, 4.69) is 45.0 Å². The Morgan fingerprint density at radius 1 is 1.10 bits per heavy atom. The zero-order valence-corrected chi connectivity index (χ0v) is 14.4. The molecule has 2 saturated carbocycles. The molecule has 0 heterocycles. The van der Waals surface area contributed by atoms with Crippen molar-refractivity contribution in [1.29, 1.82) is 0 Å². The van der Waals surface area contributed by atoms with Crippen LogP contribution in [0.5, 0.6) is 0 Å². The monoisotopic (exact) mass is 280 g/mol. The number of nitrogens with zero attached hydrogens (tertiary/aromatic N) is 1. The van der Waals surface area contributed by atoms with Gasteiger partial charge in [0, 0.05) is 18.6 Å². The van der Waals surface area contributed by atoms with Gasteiger partial charge in [0.05, 0.1) is 0 Å². The Morgan fingerprint density at radius 3 is 2.25 bits per heavy atom. The molecule has 2 nitrogen and oxygen atoms in total. The highest BCUT2D eigenvalue weighted by atomic mass is 15.2. The van der Waals surface area contributed by atoms with Crippen LogP contribution >= 0.6 is 0 Å². The second-order valence-electron chi connectivity index (χ2n) is 8.22. The van der Waals surface area contributed by atoms with Crippen molar-refractivity contribution < 1.29 is 0 Å². The summed E-state index contributed by atoms with van der Waals surface area (Å²) in [5.41, 5.74) is 0.465. The highest BCUT2D eigenvalue weighted by Crippen LogP contribution is 2.40. The maximum absolute atomic E-state index is 3.61. The third-order valence-corrected chi connectivity index (χ3v) is 6.00. The largest absolute Gasteiger partial charge is 0.315 e. The Kier molecular flexibility index (Phi) is 5.53. The van der Waals surface area contributed by atoms with Crippen LogP contribution in [0.2, 0.25) is 0 Å². The van der Waals surface area contributed by atoms with Gasteiger partial charge in [-0.25, -0.2) is 0 Å². The molecule has 0 aromatic heterocycles. The molecule has 0 aromatic rings. The SMILES string of the molecule is CCN(CC1CCC1)C1CC(C(C)(C)C)CCC1NC. The number of rotatable bonds is 5. The molecule has 20 heavy (non-hydrogen) atoms. The first-order valence-corrected chi connectivity index (χ1v) is 8.87. The standard InChI is InChI=1S/C18H36N2/c1-6-20(13-14-8-7-9-14)17-12-15(18(2,3)4)10-11-16(17)19-5/h14-17,19H,6-13H2,1-5H3. The maximum atomic E-state index is 3.61. The first kappa shape index (κ1) is 16.3. The van der Waals surface area contributed by atoms with Crippen molar-refractivity contribution in [2.24, 2.45) is 17.3 Å². The van der Waals surface area contributed by atoms with Gasteiger partial charge in [-0.1, -0.05) is 34.1 Å². The predicted molar refractivity (Wildman–Crippen MR) is 88.0 cm³/mol. The van der Waals surface area contributed by atoms with Crippen LogP contribution in [0.15, 0.2) is 0 Å². The average molecular weight is 280 g/mol. The van der Waals surface area contributed by atoms with E-state index in [1.807, 2.05) is 0 Å². The normalized spacial score (nSPS) is 32.4. The molecule has 3 unspecified atom stereocenters. The summed E-state index contributed by atoms with van der Waals surface area (Å²) in [4.78, 5) is 2.79. The van der Waals surface area contributed by atoms with E-state index in [0.29, 0.717) is 11.5 Å². The molecule has 2 aliphatic rings. The molecule has 118 valence electrons. The molecular formula is C18H36N2. The van der Waals surface area contributed by atoms with Gasteiger partial charge >= 0.3 is 0 Å². The summed E-state index contributed by atoms with van der Waals surface area (Å²) in [7, 11) is 2.16. The lowest BCUT2D eigenvalue weighted by atomic mass is 9.69. The third kappa shape index (κ3) is 3.76. The molecule has 2 aliphatic carbocycles. The molecule has 0 amide bonds. The maximum Gasteiger partial charge on any atom is 0.0252 e. The van der Waals surface area contributed by atoms with E-state index < -0.39 is 0 Å². The number of hydrogen-bond acceptors (Lipinski definition) is 2. The van der Waals surface area contributed by atoms with E-state index in [0.717, 1.165) is 17.9 Å². The fourth-order valence-corrected chi connectivity index (χ4v) is 4.18. The van der Waals surface area contributed by atoms with Gasteiger partial charge in [-0.15, -0.1) is 0 Å². The lowest BCUT2D eigenvalue weighted by Crippen LogP contribution is -2.55. The molecule has 0 radical (unpaired) electrons. The molecule has 2 rings (SSSR count). The van der Waals surface area contributed by atoms with E-state index in [9.17, 15) is 0 Å². The molecule has 0 saturated heterocycles. The highest BCUT2D eigenvalue weighted by molar-refractivity contribution is 4.94. The summed E-state index contributed by atoms with van der Waals surface area (Å²) in [5.74, 6) is 1.87. The zero-order valence-electron chi connectivity index (χ0n) is 14.4. The topological polar surface area (TPSA) is 15.3 Å². The summed E-state index contributed by atoms with van der Waals surface area (Å²) >= 11 is 0. The smallest absolute Gasteiger partial charge is 0.0252 e. The Labute approximate surface area is 126 Å². The Hall–Kier alpha value is -0.0800. The summed E-state index contributed by atoms with van der Waals surface area (Å²) in [6.45, 7) is 12.2. The van der Waals surface area contributed by atoms with E-state index in [1.165, 1.54) is 51.6 Å². The minimum atomic E-state index is 0.465. The minimum absolute atomic E-state index is 0.465. The van der Waals surface area contributed by atoms with Gasteiger partial charge in [0.15, 0.2) is 0 Å². The van der Waals surface area contributed by atoms with Gasteiger partial charge in [-0.2, -0.15) is 0 Å². The Morgan fingerprint density at radius 2 is 1.80 bits per heavy atom. The molecule has 1 N–H and O–H groups in total. The van der Waals surface area contributed by atoms with Crippen LogP contribution < -0.4 is 5.32 Å². The second kappa shape index (κ2) is 6.79. The van der Waals surface area contributed by atoms with Gasteiger partial charge in [0.2, 0.25) is 0 Å². The molecule has 0 aromatic carbocycles. The lowest BCUT2D eigenvalue weighted by molar-refractivity contribution is 0.0451. The third-order valence-electron chi connectivity index (χ3n) is 6.00. The van der Waals surface area contributed by atoms with Gasteiger partial charge in [-0.3, -0.25) is 4.90 Å². The minimum Gasteiger partial charge on any atom is -0.315 e. The number of hydrogen-bond donors (Lipinski definition) is 1. The van der Waals surface area contributed by atoms with Crippen LogP contribution in [0.25, 0.3) is 0 Å². The summed E-state index contributed by atoms with van der Waals surface area (Å²) in [6, 6.07) is 1.46. The van der Waals surface area contributed by atoms with Crippen molar-refractivity contribution >= 4 is 0 Å². The molecule has 2 fully saturated rings. The second-order valence-corrected chi connectivity index (χ2v) is 8.22. The highest BCUT2D eigenvalue weighted by Gasteiger charge is 2.38. The number of likely N-dealkylation sites (N-methyl/N-ethyl adjacent to an activating group) is 2. The van der Waals surface area contributed by atoms with Crippen molar-refractivity contribution in [3.8, 4) is 0 Å². The molecule has 3 atom stereocenters. The van der Waals surface area contributed by atoms with Crippen LogP contribution in [0.4, 0.5) is 0 Å². The van der Waals surface area contributed by atoms with Crippen LogP contribution in [-0.4, -0.2) is 37.1 Å². The molecular weight excluding hydrogens is 244 g/mol. The van der Waals surface area contributed by atoms with Gasteiger partial charge in [-0.05, 0) is 62.9 Å². The molecule has 0 aliphatic heterocycles. The first-order valence-electron chi connectivity index (χ1n) is 8.87. The Balaban J connectivity index is 2.02. The quantitative estimate of drug-likeness (QED) is 0.821. The van der Waals surface area contributed by atoms with Crippen molar-refractivity contribution in [3.05, 3.63) is 0 Å². The van der Waals surface area contributed by atoms with Gasteiger partial charge in [0.25, 0.3) is 0 Å². The van der Waals surface area contributed by atoms with Crippen LogP contribution in [-0.2, 0) is 0 Å². The summed E-state index contributed by atoms with van der Waals surface area (Å²) in [5, 5.41) is 3.61. The first-order chi connectivity index (χ1) is 9.45. The predicted octanol–water partition coefficient (Wildman–Crippen LogP) is 3.91. The molecule has 0 bridgehead atoms. The van der Waals surface area contributed by atoms with Gasteiger partial charge in [0.1, 0.15) is 0 Å². The summed E-state index contributed by atoms with van der Waals surface area (Å²) < 4.78 is 0. The van der Waals surface area contributed by atoms with E-state index in [-0.39, 0.29) is 0 Å². The van der Waals surface area contributed by atoms with Gasteiger partial charge < -0.3 is 5.32 Å². The zero-order chi connectivity index (χ0) is 14.8. The fraction of sp³-hybridized carbons (Fsp3) is 1.00. The van der Waals surface area contributed by atoms with Crippen LogP contribution in [0, 0.1) is 17.3 Å².